The van der Waals surface area contributed by atoms with Crippen molar-refractivity contribution in [2.45, 2.75) is 70.4 Å². The van der Waals surface area contributed by atoms with Crippen molar-refractivity contribution >= 4 is 11.9 Å². The number of carbonyl (C=O) groups is 2. The molecule has 0 heterocycles. The van der Waals surface area contributed by atoms with Crippen molar-refractivity contribution in [3.8, 4) is 0 Å². The average Bonchev–Trinajstić information content (AvgIpc) is 3.40. The fourth-order valence-electron chi connectivity index (χ4n) is 3.90. The molecule has 0 spiro atoms. The van der Waals surface area contributed by atoms with Gasteiger partial charge < -0.3 is 10.0 Å². The standard InChI is InChI=1S/C20H27NO3/c1-14-6-9-16(10-7-14)21(17-11-12-17)19(22)13-8-15-4-2-3-5-18(15)20(23)24/h2-5,14,16-17H,6-13H2,1H3,(H,23,24). The molecule has 4 heteroatoms. The smallest absolute Gasteiger partial charge is 0.335 e. The summed E-state index contributed by atoms with van der Waals surface area (Å²) in [6.07, 6.45) is 7.84. The van der Waals surface area contributed by atoms with Crippen LogP contribution in [0.4, 0.5) is 0 Å². The number of carboxylic acids is 1. The minimum atomic E-state index is -0.918. The van der Waals surface area contributed by atoms with Crippen molar-refractivity contribution in [1.29, 1.82) is 0 Å². The predicted octanol–water partition coefficient (Wildman–Crippen LogP) is 3.89. The molecule has 4 nitrogen and oxygen atoms in total. The minimum absolute atomic E-state index is 0.206. The van der Waals surface area contributed by atoms with E-state index < -0.39 is 5.97 Å². The Morgan fingerprint density at radius 1 is 1.04 bits per heavy atom. The quantitative estimate of drug-likeness (QED) is 0.861. The summed E-state index contributed by atoms with van der Waals surface area (Å²) in [6, 6.07) is 7.84. The van der Waals surface area contributed by atoms with Gasteiger partial charge in [0.05, 0.1) is 5.56 Å². The molecule has 0 unspecified atom stereocenters. The first-order chi connectivity index (χ1) is 11.6. The maximum atomic E-state index is 12.8. The molecule has 2 saturated carbocycles. The summed E-state index contributed by atoms with van der Waals surface area (Å²) in [5.41, 5.74) is 1.07. The lowest BCUT2D eigenvalue weighted by molar-refractivity contribution is -0.135. The zero-order valence-electron chi connectivity index (χ0n) is 14.4. The van der Waals surface area contributed by atoms with Gasteiger partial charge in [0.2, 0.25) is 5.91 Å². The Morgan fingerprint density at radius 2 is 1.62 bits per heavy atom. The van der Waals surface area contributed by atoms with Crippen LogP contribution >= 0.6 is 0 Å². The van der Waals surface area contributed by atoms with E-state index in [1.807, 2.05) is 12.1 Å². The Hall–Kier alpha value is -1.84. The molecule has 130 valence electrons. The molecule has 1 amide bonds. The van der Waals surface area contributed by atoms with E-state index in [1.54, 1.807) is 12.1 Å². The third-order valence-electron chi connectivity index (χ3n) is 5.46. The van der Waals surface area contributed by atoms with Gasteiger partial charge >= 0.3 is 5.97 Å². The Morgan fingerprint density at radius 3 is 2.21 bits per heavy atom. The van der Waals surface area contributed by atoms with Crippen LogP contribution < -0.4 is 0 Å². The summed E-state index contributed by atoms with van der Waals surface area (Å²) in [5.74, 6) is 0.0652. The molecule has 24 heavy (non-hydrogen) atoms. The van der Waals surface area contributed by atoms with E-state index in [1.165, 1.54) is 12.8 Å². The van der Waals surface area contributed by atoms with Gasteiger partial charge in [-0.2, -0.15) is 0 Å². The van der Waals surface area contributed by atoms with Crippen LogP contribution in [0.25, 0.3) is 0 Å². The van der Waals surface area contributed by atoms with Gasteiger partial charge in [0.1, 0.15) is 0 Å². The van der Waals surface area contributed by atoms with Crippen LogP contribution in [0.15, 0.2) is 24.3 Å². The van der Waals surface area contributed by atoms with Gasteiger partial charge in [-0.25, -0.2) is 4.79 Å². The third kappa shape index (κ3) is 3.97. The Labute approximate surface area is 143 Å². The largest absolute Gasteiger partial charge is 0.478 e. The van der Waals surface area contributed by atoms with Crippen LogP contribution in [-0.2, 0) is 11.2 Å². The molecule has 2 aliphatic rings. The highest BCUT2D eigenvalue weighted by Crippen LogP contribution is 2.35. The van der Waals surface area contributed by atoms with Crippen molar-refractivity contribution in [3.63, 3.8) is 0 Å². The summed E-state index contributed by atoms with van der Waals surface area (Å²) >= 11 is 0. The van der Waals surface area contributed by atoms with Gasteiger partial charge in [-0.3, -0.25) is 4.79 Å². The summed E-state index contributed by atoms with van der Waals surface area (Å²) in [5, 5.41) is 9.27. The first-order valence-electron chi connectivity index (χ1n) is 9.18. The highest BCUT2D eigenvalue weighted by Gasteiger charge is 2.38. The van der Waals surface area contributed by atoms with Crippen molar-refractivity contribution < 1.29 is 14.7 Å². The molecule has 1 N–H and O–H groups in total. The summed E-state index contributed by atoms with van der Waals surface area (Å²) < 4.78 is 0. The highest BCUT2D eigenvalue weighted by atomic mass is 16.4. The van der Waals surface area contributed by atoms with E-state index in [0.29, 0.717) is 30.5 Å². The van der Waals surface area contributed by atoms with E-state index in [0.717, 1.165) is 37.2 Å². The van der Waals surface area contributed by atoms with Gasteiger partial charge in [-0.15, -0.1) is 0 Å². The van der Waals surface area contributed by atoms with Crippen LogP contribution in [0, 0.1) is 5.92 Å². The first-order valence-corrected chi connectivity index (χ1v) is 9.18. The van der Waals surface area contributed by atoms with Crippen molar-refractivity contribution in [3.05, 3.63) is 35.4 Å². The second-order valence-electron chi connectivity index (χ2n) is 7.41. The van der Waals surface area contributed by atoms with Gasteiger partial charge in [-0.05, 0) is 62.5 Å². The second kappa shape index (κ2) is 7.37. The summed E-state index contributed by atoms with van der Waals surface area (Å²) in [4.78, 5) is 26.3. The van der Waals surface area contributed by atoms with E-state index in [4.69, 9.17) is 0 Å². The van der Waals surface area contributed by atoms with Crippen LogP contribution in [-0.4, -0.2) is 34.0 Å². The molecular formula is C20H27NO3. The molecule has 2 fully saturated rings. The lowest BCUT2D eigenvalue weighted by Crippen LogP contribution is -2.43. The summed E-state index contributed by atoms with van der Waals surface area (Å²) in [6.45, 7) is 2.29. The zero-order chi connectivity index (χ0) is 17.1. The van der Waals surface area contributed by atoms with Crippen LogP contribution in [0.2, 0.25) is 0 Å². The average molecular weight is 329 g/mol. The Bertz CT molecular complexity index is 601. The van der Waals surface area contributed by atoms with Gasteiger partial charge in [0.15, 0.2) is 0 Å². The third-order valence-corrected chi connectivity index (χ3v) is 5.46. The number of carboxylic acid groups (broad SMARTS) is 1. The number of aryl methyl sites for hydroxylation is 1. The van der Waals surface area contributed by atoms with Crippen LogP contribution in [0.5, 0.6) is 0 Å². The first kappa shape index (κ1) is 17.0. The number of nitrogens with zero attached hydrogens (tertiary/aromatic N) is 1. The number of hydrogen-bond acceptors (Lipinski definition) is 2. The molecular weight excluding hydrogens is 302 g/mol. The number of aromatic carboxylic acids is 1. The molecule has 0 saturated heterocycles. The fourth-order valence-corrected chi connectivity index (χ4v) is 3.90. The maximum absolute atomic E-state index is 12.8. The van der Waals surface area contributed by atoms with E-state index in [-0.39, 0.29) is 5.91 Å². The molecule has 1 aromatic carbocycles. The molecule has 0 aromatic heterocycles. The Balaban J connectivity index is 1.63. The van der Waals surface area contributed by atoms with Crippen LogP contribution in [0.1, 0.15) is 67.8 Å². The maximum Gasteiger partial charge on any atom is 0.335 e. The van der Waals surface area contributed by atoms with E-state index in [9.17, 15) is 14.7 Å². The minimum Gasteiger partial charge on any atom is -0.478 e. The zero-order valence-corrected chi connectivity index (χ0v) is 14.4. The number of amides is 1. The van der Waals surface area contributed by atoms with Gasteiger partial charge in [0, 0.05) is 18.5 Å². The molecule has 3 rings (SSSR count). The lowest BCUT2D eigenvalue weighted by Gasteiger charge is -2.36. The van der Waals surface area contributed by atoms with E-state index >= 15 is 0 Å². The normalized spacial score (nSPS) is 23.7. The predicted molar refractivity (Wildman–Crippen MR) is 93.0 cm³/mol. The second-order valence-corrected chi connectivity index (χ2v) is 7.41. The van der Waals surface area contributed by atoms with Gasteiger partial charge in [-0.1, -0.05) is 25.1 Å². The van der Waals surface area contributed by atoms with E-state index in [2.05, 4.69) is 11.8 Å². The number of rotatable bonds is 6. The SMILES string of the molecule is CC1CCC(N(C(=O)CCc2ccccc2C(=O)O)C2CC2)CC1. The monoisotopic (exact) mass is 329 g/mol. The summed E-state index contributed by atoms with van der Waals surface area (Å²) in [7, 11) is 0. The molecule has 0 atom stereocenters. The molecule has 0 aliphatic heterocycles. The molecule has 0 bridgehead atoms. The number of benzene rings is 1. The Kier molecular flexibility index (Phi) is 5.22. The molecule has 0 radical (unpaired) electrons. The van der Waals surface area contributed by atoms with Crippen molar-refractivity contribution in [2.75, 3.05) is 0 Å². The topological polar surface area (TPSA) is 57.6 Å². The molecule has 1 aromatic rings. The number of carbonyl (C=O) groups excluding carboxylic acids is 1. The van der Waals surface area contributed by atoms with Crippen LogP contribution in [0.3, 0.4) is 0 Å². The lowest BCUT2D eigenvalue weighted by atomic mass is 9.86. The van der Waals surface area contributed by atoms with Gasteiger partial charge in [0.25, 0.3) is 0 Å². The fraction of sp³-hybridized carbons (Fsp3) is 0.600. The van der Waals surface area contributed by atoms with Crippen molar-refractivity contribution in [2.24, 2.45) is 5.92 Å². The number of hydrogen-bond donors (Lipinski definition) is 1. The highest BCUT2D eigenvalue weighted by molar-refractivity contribution is 5.89. The molecule has 2 aliphatic carbocycles. The van der Waals surface area contributed by atoms with Crippen molar-refractivity contribution in [1.82, 2.24) is 4.90 Å².